The lowest BCUT2D eigenvalue weighted by Crippen LogP contribution is -2.12. The van der Waals surface area contributed by atoms with E-state index in [-0.39, 0.29) is 25.6 Å². The SMILES string of the molecule is COCc1c(C(=O)OCCOc2ccc(C)cc2)sc2cccc(F)c12. The number of halogens is 1. The number of methoxy groups -OCH3 is 1. The number of rotatable bonds is 7. The summed E-state index contributed by atoms with van der Waals surface area (Å²) < 4.78 is 30.8. The number of ether oxygens (including phenoxy) is 3. The second-order valence-electron chi connectivity index (χ2n) is 5.75. The molecule has 0 aliphatic carbocycles. The summed E-state index contributed by atoms with van der Waals surface area (Å²) in [4.78, 5) is 12.8. The number of hydrogen-bond donors (Lipinski definition) is 0. The number of carbonyl (C=O) groups is 1. The lowest BCUT2D eigenvalue weighted by atomic mass is 10.1. The van der Waals surface area contributed by atoms with E-state index in [4.69, 9.17) is 14.2 Å². The van der Waals surface area contributed by atoms with E-state index < -0.39 is 5.97 Å². The Bertz CT molecular complexity index is 902. The average Bonchev–Trinajstić information content (AvgIpc) is 3.00. The number of thiophene rings is 1. The molecule has 0 saturated heterocycles. The normalized spacial score (nSPS) is 10.9. The molecule has 136 valence electrons. The molecule has 0 saturated carbocycles. The van der Waals surface area contributed by atoms with Crippen molar-refractivity contribution in [2.45, 2.75) is 13.5 Å². The van der Waals surface area contributed by atoms with Crippen LogP contribution in [0.4, 0.5) is 4.39 Å². The molecular formula is C20H19FO4S. The summed E-state index contributed by atoms with van der Waals surface area (Å²) in [7, 11) is 1.51. The van der Waals surface area contributed by atoms with Gasteiger partial charge in [-0.05, 0) is 31.2 Å². The summed E-state index contributed by atoms with van der Waals surface area (Å²) in [5, 5.41) is 0.419. The highest BCUT2D eigenvalue weighted by molar-refractivity contribution is 7.21. The molecule has 0 amide bonds. The summed E-state index contributed by atoms with van der Waals surface area (Å²) in [5.41, 5.74) is 1.67. The summed E-state index contributed by atoms with van der Waals surface area (Å²) in [5.74, 6) is -0.145. The molecule has 4 nitrogen and oxygen atoms in total. The van der Waals surface area contributed by atoms with Gasteiger partial charge in [-0.15, -0.1) is 11.3 Å². The molecule has 26 heavy (non-hydrogen) atoms. The third-order valence-electron chi connectivity index (χ3n) is 3.84. The number of carbonyl (C=O) groups excluding carboxylic acids is 1. The summed E-state index contributed by atoms with van der Waals surface area (Å²) in [6, 6.07) is 12.4. The number of aryl methyl sites for hydroxylation is 1. The maximum atomic E-state index is 14.1. The molecule has 3 aromatic rings. The lowest BCUT2D eigenvalue weighted by Gasteiger charge is -2.08. The van der Waals surface area contributed by atoms with E-state index in [0.717, 1.165) is 11.3 Å². The van der Waals surface area contributed by atoms with Crippen LogP contribution < -0.4 is 4.74 Å². The van der Waals surface area contributed by atoms with Gasteiger partial charge >= 0.3 is 5.97 Å². The summed E-state index contributed by atoms with van der Waals surface area (Å²) in [6.07, 6.45) is 0. The topological polar surface area (TPSA) is 44.8 Å². The first-order chi connectivity index (χ1) is 12.6. The molecule has 0 N–H and O–H groups in total. The van der Waals surface area contributed by atoms with Crippen LogP contribution in [0.25, 0.3) is 10.1 Å². The van der Waals surface area contributed by atoms with Crippen molar-refractivity contribution in [2.75, 3.05) is 20.3 Å². The van der Waals surface area contributed by atoms with E-state index >= 15 is 0 Å². The first kappa shape index (κ1) is 18.4. The minimum Gasteiger partial charge on any atom is -0.490 e. The van der Waals surface area contributed by atoms with Crippen LogP contribution in [0, 0.1) is 12.7 Å². The molecule has 0 spiro atoms. The van der Waals surface area contributed by atoms with E-state index in [1.54, 1.807) is 12.1 Å². The predicted molar refractivity (Wildman–Crippen MR) is 99.5 cm³/mol. The Kier molecular flexibility index (Phi) is 5.85. The van der Waals surface area contributed by atoms with E-state index in [9.17, 15) is 9.18 Å². The van der Waals surface area contributed by atoms with Gasteiger partial charge in [0.25, 0.3) is 0 Å². The van der Waals surface area contributed by atoms with Crippen molar-refractivity contribution >= 4 is 27.4 Å². The Hall–Kier alpha value is -2.44. The van der Waals surface area contributed by atoms with Gasteiger partial charge in [-0.3, -0.25) is 0 Å². The van der Waals surface area contributed by atoms with Crippen molar-refractivity contribution in [3.8, 4) is 5.75 Å². The van der Waals surface area contributed by atoms with E-state index in [2.05, 4.69) is 0 Å². The van der Waals surface area contributed by atoms with Crippen molar-refractivity contribution < 1.29 is 23.4 Å². The Balaban J connectivity index is 1.66. The molecule has 2 aromatic carbocycles. The van der Waals surface area contributed by atoms with Gasteiger partial charge in [-0.1, -0.05) is 23.8 Å². The third kappa shape index (κ3) is 4.03. The fraction of sp³-hybridized carbons (Fsp3) is 0.250. The van der Waals surface area contributed by atoms with Crippen molar-refractivity contribution in [2.24, 2.45) is 0 Å². The van der Waals surface area contributed by atoms with Crippen LogP contribution in [-0.2, 0) is 16.1 Å². The second kappa shape index (κ2) is 8.29. The second-order valence-corrected chi connectivity index (χ2v) is 6.81. The molecule has 0 bridgehead atoms. The number of fused-ring (bicyclic) bond motifs is 1. The van der Waals surface area contributed by atoms with Crippen molar-refractivity contribution in [1.82, 2.24) is 0 Å². The zero-order valence-electron chi connectivity index (χ0n) is 14.6. The van der Waals surface area contributed by atoms with Gasteiger partial charge in [0.15, 0.2) is 0 Å². The van der Waals surface area contributed by atoms with Gasteiger partial charge in [0.1, 0.15) is 29.7 Å². The molecule has 0 atom stereocenters. The van der Waals surface area contributed by atoms with Crippen LogP contribution in [-0.4, -0.2) is 26.3 Å². The van der Waals surface area contributed by atoms with Gasteiger partial charge in [0.05, 0.1) is 6.61 Å². The molecule has 1 heterocycles. The number of esters is 1. The smallest absolute Gasteiger partial charge is 0.348 e. The molecule has 1 aromatic heterocycles. The Morgan fingerprint density at radius 1 is 1.12 bits per heavy atom. The Morgan fingerprint density at radius 3 is 2.62 bits per heavy atom. The highest BCUT2D eigenvalue weighted by Crippen LogP contribution is 2.34. The Labute approximate surface area is 155 Å². The maximum Gasteiger partial charge on any atom is 0.348 e. The first-order valence-corrected chi connectivity index (χ1v) is 8.97. The Morgan fingerprint density at radius 2 is 1.88 bits per heavy atom. The molecule has 0 fully saturated rings. The van der Waals surface area contributed by atoms with E-state index in [1.165, 1.54) is 24.5 Å². The zero-order chi connectivity index (χ0) is 18.5. The van der Waals surface area contributed by atoms with Crippen LogP contribution in [0.1, 0.15) is 20.8 Å². The zero-order valence-corrected chi connectivity index (χ0v) is 15.4. The molecule has 6 heteroatoms. The minimum absolute atomic E-state index is 0.107. The minimum atomic E-state index is -0.495. The van der Waals surface area contributed by atoms with Crippen LogP contribution >= 0.6 is 11.3 Å². The van der Waals surface area contributed by atoms with Crippen LogP contribution in [0.2, 0.25) is 0 Å². The van der Waals surface area contributed by atoms with Gasteiger partial charge in [0.2, 0.25) is 0 Å². The third-order valence-corrected chi connectivity index (χ3v) is 5.02. The molecular weight excluding hydrogens is 355 g/mol. The van der Waals surface area contributed by atoms with Gasteiger partial charge in [0, 0.05) is 22.8 Å². The van der Waals surface area contributed by atoms with Crippen molar-refractivity contribution in [1.29, 1.82) is 0 Å². The number of benzene rings is 2. The molecule has 0 aliphatic rings. The molecule has 0 radical (unpaired) electrons. The largest absolute Gasteiger partial charge is 0.490 e. The highest BCUT2D eigenvalue weighted by atomic mass is 32.1. The fourth-order valence-electron chi connectivity index (χ4n) is 2.61. The van der Waals surface area contributed by atoms with Gasteiger partial charge in [-0.25, -0.2) is 9.18 Å². The highest BCUT2D eigenvalue weighted by Gasteiger charge is 2.21. The quantitative estimate of drug-likeness (QED) is 0.443. The standard InChI is InChI=1S/C20H19FO4S/c1-13-6-8-14(9-7-13)24-10-11-25-20(22)19-15(12-23-2)18-16(21)4-3-5-17(18)26-19/h3-9H,10-12H2,1-2H3. The lowest BCUT2D eigenvalue weighted by molar-refractivity contribution is 0.0452. The summed E-state index contributed by atoms with van der Waals surface area (Å²) >= 11 is 1.21. The first-order valence-electron chi connectivity index (χ1n) is 8.15. The maximum absolute atomic E-state index is 14.1. The van der Waals surface area contributed by atoms with Crippen LogP contribution in [0.5, 0.6) is 5.75 Å². The summed E-state index contributed by atoms with van der Waals surface area (Å²) in [6.45, 7) is 2.49. The van der Waals surface area contributed by atoms with Crippen LogP contribution in [0.15, 0.2) is 42.5 Å². The predicted octanol–water partition coefficient (Wildman–Crippen LogP) is 4.73. The van der Waals surface area contributed by atoms with E-state index in [1.807, 2.05) is 31.2 Å². The molecule has 0 unspecified atom stereocenters. The van der Waals surface area contributed by atoms with Gasteiger partial charge < -0.3 is 14.2 Å². The fourth-order valence-corrected chi connectivity index (χ4v) is 3.72. The number of hydrogen-bond acceptors (Lipinski definition) is 5. The van der Waals surface area contributed by atoms with Crippen molar-refractivity contribution in [3.05, 3.63) is 64.3 Å². The van der Waals surface area contributed by atoms with Gasteiger partial charge in [-0.2, -0.15) is 0 Å². The van der Waals surface area contributed by atoms with Crippen LogP contribution in [0.3, 0.4) is 0 Å². The average molecular weight is 374 g/mol. The molecule has 3 rings (SSSR count). The molecule has 0 aliphatic heterocycles. The monoisotopic (exact) mass is 374 g/mol. The van der Waals surface area contributed by atoms with E-state index in [0.29, 0.717) is 20.5 Å². The van der Waals surface area contributed by atoms with Crippen molar-refractivity contribution in [3.63, 3.8) is 0 Å².